The van der Waals surface area contributed by atoms with E-state index < -0.39 is 0 Å². The van der Waals surface area contributed by atoms with Gasteiger partial charge < -0.3 is 16.0 Å². The van der Waals surface area contributed by atoms with Gasteiger partial charge in [-0.15, -0.1) is 0 Å². The first-order valence-corrected chi connectivity index (χ1v) is 8.21. The summed E-state index contributed by atoms with van der Waals surface area (Å²) in [5, 5.41) is 12.4. The number of aryl methyl sites for hydroxylation is 2. The summed E-state index contributed by atoms with van der Waals surface area (Å²) in [4.78, 5) is 16.5. The number of carbonyl (C=O) groups excluding carboxylic acids is 1. The van der Waals surface area contributed by atoms with Crippen molar-refractivity contribution in [2.45, 2.75) is 13.8 Å². The molecule has 0 bridgehead atoms. The van der Waals surface area contributed by atoms with Crippen molar-refractivity contribution in [1.29, 1.82) is 5.26 Å². The Morgan fingerprint density at radius 1 is 1.33 bits per heavy atom. The molecule has 0 spiro atoms. The number of benzene rings is 1. The fraction of sp³-hybridized carbons (Fsp3) is 0.444. The van der Waals surface area contributed by atoms with Gasteiger partial charge in [0.2, 0.25) is 0 Å². The molecule has 1 aromatic carbocycles. The second kappa shape index (κ2) is 8.48. The molecule has 0 saturated carbocycles. The van der Waals surface area contributed by atoms with E-state index in [-0.39, 0.29) is 11.5 Å². The summed E-state index contributed by atoms with van der Waals surface area (Å²) in [6.45, 7) is 8.34. The minimum Gasteiger partial charge on any atom is -0.360 e. The van der Waals surface area contributed by atoms with Gasteiger partial charge in [0.25, 0.3) is 5.91 Å². The van der Waals surface area contributed by atoms with Crippen molar-refractivity contribution in [3.05, 3.63) is 41.1 Å². The van der Waals surface area contributed by atoms with E-state index in [1.807, 2.05) is 32.0 Å². The second-order valence-corrected chi connectivity index (χ2v) is 6.06. The van der Waals surface area contributed by atoms with Gasteiger partial charge in [-0.1, -0.05) is 17.7 Å². The smallest absolute Gasteiger partial charge is 0.266 e. The van der Waals surface area contributed by atoms with Gasteiger partial charge in [-0.2, -0.15) is 5.26 Å². The van der Waals surface area contributed by atoms with Crippen LogP contribution in [0.4, 0.5) is 5.69 Å². The Kier molecular flexibility index (Phi) is 6.36. The van der Waals surface area contributed by atoms with Crippen LogP contribution < -0.4 is 11.1 Å². The number of hydrogen-bond donors (Lipinski definition) is 2. The molecule has 0 unspecified atom stereocenters. The maximum absolute atomic E-state index is 12.5. The molecule has 1 amide bonds. The highest BCUT2D eigenvalue weighted by molar-refractivity contribution is 5.97. The Hall–Kier alpha value is -2.36. The van der Waals surface area contributed by atoms with E-state index in [4.69, 9.17) is 5.73 Å². The van der Waals surface area contributed by atoms with E-state index >= 15 is 0 Å². The van der Waals surface area contributed by atoms with E-state index in [2.05, 4.69) is 16.3 Å². The van der Waals surface area contributed by atoms with Crippen LogP contribution in [0, 0.1) is 25.2 Å². The fourth-order valence-corrected chi connectivity index (χ4v) is 2.79. The van der Waals surface area contributed by atoms with E-state index in [1.54, 1.807) is 4.90 Å². The van der Waals surface area contributed by atoms with Gasteiger partial charge in [-0.3, -0.25) is 9.69 Å². The van der Waals surface area contributed by atoms with E-state index in [1.165, 1.54) is 11.8 Å². The molecular formula is C18H25N5O. The van der Waals surface area contributed by atoms with Gasteiger partial charge >= 0.3 is 0 Å². The van der Waals surface area contributed by atoms with Crippen molar-refractivity contribution < 1.29 is 4.79 Å². The monoisotopic (exact) mass is 327 g/mol. The Morgan fingerprint density at radius 2 is 2.04 bits per heavy atom. The van der Waals surface area contributed by atoms with Crippen LogP contribution in [-0.4, -0.2) is 55.0 Å². The zero-order chi connectivity index (χ0) is 17.5. The summed E-state index contributed by atoms with van der Waals surface area (Å²) in [5.74, 6) is -0.220. The van der Waals surface area contributed by atoms with Crippen LogP contribution in [0.5, 0.6) is 0 Å². The summed E-state index contributed by atoms with van der Waals surface area (Å²) in [5.41, 5.74) is 8.83. The number of carbonyl (C=O) groups is 1. The minimum atomic E-state index is -0.220. The molecule has 1 saturated heterocycles. The van der Waals surface area contributed by atoms with Crippen molar-refractivity contribution in [2.75, 3.05) is 44.6 Å². The standard InChI is InChI=1S/C18H25N5O/c1-14-3-4-17(15(2)11-14)21-13-16(12-20)18(24)23-9-7-22(6-5-19)8-10-23/h3-4,11,13,21H,5-10,19H2,1-2H3/b16-13-. The van der Waals surface area contributed by atoms with Crippen molar-refractivity contribution in [1.82, 2.24) is 9.80 Å². The number of nitrogens with one attached hydrogen (secondary N) is 1. The van der Waals surface area contributed by atoms with Crippen LogP contribution in [0.1, 0.15) is 11.1 Å². The van der Waals surface area contributed by atoms with E-state index in [9.17, 15) is 10.1 Å². The van der Waals surface area contributed by atoms with Crippen molar-refractivity contribution >= 4 is 11.6 Å². The van der Waals surface area contributed by atoms with Gasteiger partial charge in [0, 0.05) is 51.2 Å². The lowest BCUT2D eigenvalue weighted by molar-refractivity contribution is -0.128. The molecule has 0 radical (unpaired) electrons. The van der Waals surface area contributed by atoms with Crippen molar-refractivity contribution in [3.63, 3.8) is 0 Å². The Labute approximate surface area is 143 Å². The van der Waals surface area contributed by atoms with Crippen molar-refractivity contribution in [2.24, 2.45) is 5.73 Å². The molecule has 1 fully saturated rings. The van der Waals surface area contributed by atoms with Crippen LogP contribution in [-0.2, 0) is 4.79 Å². The third kappa shape index (κ3) is 4.57. The summed E-state index contributed by atoms with van der Waals surface area (Å²) in [7, 11) is 0. The highest BCUT2D eigenvalue weighted by Crippen LogP contribution is 2.16. The molecule has 6 heteroatoms. The third-order valence-electron chi connectivity index (χ3n) is 4.21. The molecule has 2 rings (SSSR count). The normalized spacial score (nSPS) is 15.9. The molecular weight excluding hydrogens is 302 g/mol. The van der Waals surface area contributed by atoms with Crippen LogP contribution in [0.15, 0.2) is 30.0 Å². The highest BCUT2D eigenvalue weighted by atomic mass is 16.2. The number of anilines is 1. The molecule has 0 aliphatic carbocycles. The van der Waals surface area contributed by atoms with Crippen LogP contribution >= 0.6 is 0 Å². The van der Waals surface area contributed by atoms with Gasteiger partial charge in [0.05, 0.1) is 0 Å². The van der Waals surface area contributed by atoms with E-state index in [0.29, 0.717) is 19.6 Å². The highest BCUT2D eigenvalue weighted by Gasteiger charge is 2.23. The number of nitriles is 1. The lowest BCUT2D eigenvalue weighted by Gasteiger charge is -2.34. The summed E-state index contributed by atoms with van der Waals surface area (Å²) < 4.78 is 0. The summed E-state index contributed by atoms with van der Waals surface area (Å²) in [6.07, 6.45) is 1.51. The number of piperazine rings is 1. The zero-order valence-electron chi connectivity index (χ0n) is 14.4. The molecule has 128 valence electrons. The predicted octanol–water partition coefficient (Wildman–Crippen LogP) is 1.23. The molecule has 24 heavy (non-hydrogen) atoms. The van der Waals surface area contributed by atoms with Gasteiger partial charge in [-0.25, -0.2) is 0 Å². The SMILES string of the molecule is Cc1ccc(N/C=C(/C#N)C(=O)N2CCN(CCN)CC2)c(C)c1. The van der Waals surface area contributed by atoms with Crippen LogP contribution in [0.25, 0.3) is 0 Å². The molecule has 1 aliphatic rings. The fourth-order valence-electron chi connectivity index (χ4n) is 2.79. The number of amides is 1. The molecule has 1 heterocycles. The summed E-state index contributed by atoms with van der Waals surface area (Å²) >= 11 is 0. The first-order chi connectivity index (χ1) is 11.5. The van der Waals surface area contributed by atoms with E-state index in [0.717, 1.165) is 30.9 Å². The first-order valence-electron chi connectivity index (χ1n) is 8.21. The minimum absolute atomic E-state index is 0.127. The molecule has 0 atom stereocenters. The molecule has 1 aliphatic heterocycles. The summed E-state index contributed by atoms with van der Waals surface area (Å²) in [6, 6.07) is 8.01. The number of rotatable bonds is 5. The van der Waals surface area contributed by atoms with Crippen LogP contribution in [0.2, 0.25) is 0 Å². The Morgan fingerprint density at radius 3 is 2.62 bits per heavy atom. The van der Waals surface area contributed by atoms with Crippen LogP contribution in [0.3, 0.4) is 0 Å². The number of hydrogen-bond acceptors (Lipinski definition) is 5. The van der Waals surface area contributed by atoms with Gasteiger partial charge in [-0.05, 0) is 25.5 Å². The molecule has 3 N–H and O–H groups in total. The molecule has 1 aromatic rings. The largest absolute Gasteiger partial charge is 0.360 e. The quantitative estimate of drug-likeness (QED) is 0.627. The predicted molar refractivity (Wildman–Crippen MR) is 95.3 cm³/mol. The first kappa shape index (κ1) is 18.0. The lowest BCUT2D eigenvalue weighted by atomic mass is 10.1. The maximum Gasteiger partial charge on any atom is 0.266 e. The van der Waals surface area contributed by atoms with Gasteiger partial charge in [0.1, 0.15) is 11.6 Å². The number of nitrogens with zero attached hydrogens (tertiary/aromatic N) is 3. The van der Waals surface area contributed by atoms with Crippen molar-refractivity contribution in [3.8, 4) is 6.07 Å². The maximum atomic E-state index is 12.5. The molecule has 6 nitrogen and oxygen atoms in total. The average molecular weight is 327 g/mol. The Bertz CT molecular complexity index is 654. The lowest BCUT2D eigenvalue weighted by Crippen LogP contribution is -2.50. The third-order valence-corrected chi connectivity index (χ3v) is 4.21. The van der Waals surface area contributed by atoms with Gasteiger partial charge in [0.15, 0.2) is 0 Å². The molecule has 0 aromatic heterocycles. The topological polar surface area (TPSA) is 85.4 Å². The Balaban J connectivity index is 2.00. The average Bonchev–Trinajstić information content (AvgIpc) is 2.58. The second-order valence-electron chi connectivity index (χ2n) is 6.06. The zero-order valence-corrected chi connectivity index (χ0v) is 14.4. The number of nitrogens with two attached hydrogens (primary N) is 1.